The van der Waals surface area contributed by atoms with Gasteiger partial charge in [-0.3, -0.25) is 9.59 Å². The summed E-state index contributed by atoms with van der Waals surface area (Å²) in [5, 5.41) is 4.31. The zero-order valence-corrected chi connectivity index (χ0v) is 24.1. The number of anilines is 1. The molecule has 1 unspecified atom stereocenters. The number of ether oxygens (including phenoxy) is 2. The molecule has 0 radical (unpaired) electrons. The topological polar surface area (TPSA) is 104 Å². The number of amides is 1. The Morgan fingerprint density at radius 3 is 2.27 bits per heavy atom. The Labute approximate surface area is 241 Å². The van der Waals surface area contributed by atoms with E-state index in [0.29, 0.717) is 26.9 Å². The SMILES string of the molecule is COC(=O)c1c(NC(=O)C(C)OC(=O)c2c(-c3ccccc3)c3ccccc3c(=O)n2C)sc2c1CCCCCC2. The van der Waals surface area contributed by atoms with Gasteiger partial charge in [0, 0.05) is 22.9 Å². The molecule has 9 heteroatoms. The van der Waals surface area contributed by atoms with E-state index in [4.69, 9.17) is 9.47 Å². The van der Waals surface area contributed by atoms with Crippen LogP contribution in [-0.4, -0.2) is 35.6 Å². The van der Waals surface area contributed by atoms with Gasteiger partial charge in [-0.15, -0.1) is 11.3 Å². The number of hydrogen-bond donors (Lipinski definition) is 1. The largest absolute Gasteiger partial charge is 0.465 e. The standard InChI is InChI=1S/C32H32N2O6S/c1-19(28(35)33-29-26(31(37)39-3)23-17-9-4-5-10-18-24(23)41-29)40-32(38)27-25(20-13-7-6-8-14-20)21-15-11-12-16-22(21)30(36)34(27)2/h6-8,11-16,19H,4-5,9-10,17-18H2,1-3H3,(H,33,35). The Balaban J connectivity index is 1.47. The van der Waals surface area contributed by atoms with E-state index in [2.05, 4.69) is 5.32 Å². The third-order valence-corrected chi connectivity index (χ3v) is 8.72. The van der Waals surface area contributed by atoms with Crippen molar-refractivity contribution in [1.29, 1.82) is 0 Å². The molecule has 1 aliphatic rings. The summed E-state index contributed by atoms with van der Waals surface area (Å²) in [6, 6.07) is 16.4. The first-order chi connectivity index (χ1) is 19.8. The summed E-state index contributed by atoms with van der Waals surface area (Å²) >= 11 is 1.38. The number of carbonyl (C=O) groups is 3. The second kappa shape index (κ2) is 12.1. The number of esters is 2. The molecule has 0 saturated carbocycles. The Hall–Kier alpha value is -4.24. The minimum Gasteiger partial charge on any atom is -0.465 e. The average molecular weight is 573 g/mol. The number of carbonyl (C=O) groups excluding carboxylic acids is 3. The summed E-state index contributed by atoms with van der Waals surface area (Å²) in [4.78, 5) is 54.0. The summed E-state index contributed by atoms with van der Waals surface area (Å²) in [7, 11) is 2.84. The molecule has 1 amide bonds. The molecule has 2 aromatic carbocycles. The molecule has 0 fully saturated rings. The molecule has 2 heterocycles. The summed E-state index contributed by atoms with van der Waals surface area (Å²) in [5.74, 6) is -1.88. The molecule has 0 saturated heterocycles. The van der Waals surface area contributed by atoms with Crippen molar-refractivity contribution < 1.29 is 23.9 Å². The minimum absolute atomic E-state index is 0.0499. The predicted octanol–water partition coefficient (Wildman–Crippen LogP) is 5.90. The van der Waals surface area contributed by atoms with E-state index in [1.807, 2.05) is 36.4 Å². The molecule has 1 aliphatic carbocycles. The zero-order chi connectivity index (χ0) is 29.1. The number of rotatable bonds is 6. The van der Waals surface area contributed by atoms with Crippen molar-refractivity contribution in [2.45, 2.75) is 51.6 Å². The number of thiophene rings is 1. The minimum atomic E-state index is -1.21. The molecule has 8 nitrogen and oxygen atoms in total. The molecule has 0 aliphatic heterocycles. The quantitative estimate of drug-likeness (QED) is 0.289. The first kappa shape index (κ1) is 28.3. The molecule has 2 aromatic heterocycles. The van der Waals surface area contributed by atoms with Gasteiger partial charge in [0.2, 0.25) is 0 Å². The smallest absolute Gasteiger partial charge is 0.356 e. The zero-order valence-electron chi connectivity index (χ0n) is 23.3. The molecular weight excluding hydrogens is 540 g/mol. The number of fused-ring (bicyclic) bond motifs is 2. The van der Waals surface area contributed by atoms with Gasteiger partial charge in [0.05, 0.1) is 12.7 Å². The fourth-order valence-corrected chi connectivity index (χ4v) is 6.69. The van der Waals surface area contributed by atoms with Gasteiger partial charge in [0.15, 0.2) is 6.10 Å². The van der Waals surface area contributed by atoms with E-state index < -0.39 is 23.9 Å². The van der Waals surface area contributed by atoms with Crippen molar-refractivity contribution in [1.82, 2.24) is 4.57 Å². The van der Waals surface area contributed by atoms with Gasteiger partial charge in [0.1, 0.15) is 10.7 Å². The lowest BCUT2D eigenvalue weighted by Gasteiger charge is -2.19. The fourth-order valence-electron chi connectivity index (χ4n) is 5.41. The van der Waals surface area contributed by atoms with Crippen LogP contribution in [0.2, 0.25) is 0 Å². The van der Waals surface area contributed by atoms with Crippen LogP contribution in [0.25, 0.3) is 21.9 Å². The van der Waals surface area contributed by atoms with E-state index in [9.17, 15) is 19.2 Å². The van der Waals surface area contributed by atoms with Crippen LogP contribution in [0.4, 0.5) is 5.00 Å². The highest BCUT2D eigenvalue weighted by molar-refractivity contribution is 7.17. The second-order valence-electron chi connectivity index (χ2n) is 10.1. The van der Waals surface area contributed by atoms with Crippen LogP contribution in [0.3, 0.4) is 0 Å². The molecule has 0 bridgehead atoms. The van der Waals surface area contributed by atoms with E-state index in [-0.39, 0.29) is 11.3 Å². The number of aryl methyl sites for hydroxylation is 1. The lowest BCUT2D eigenvalue weighted by molar-refractivity contribution is -0.123. The van der Waals surface area contributed by atoms with Crippen molar-refractivity contribution in [2.24, 2.45) is 7.05 Å². The summed E-state index contributed by atoms with van der Waals surface area (Å²) in [6.45, 7) is 1.47. The first-order valence-corrected chi connectivity index (χ1v) is 14.5. The number of nitrogens with one attached hydrogen (secondary N) is 1. The maximum absolute atomic E-state index is 13.6. The highest BCUT2D eigenvalue weighted by Gasteiger charge is 2.30. The van der Waals surface area contributed by atoms with Crippen LogP contribution in [0.1, 0.15) is 63.9 Å². The Kier molecular flexibility index (Phi) is 8.35. The van der Waals surface area contributed by atoms with Crippen molar-refractivity contribution in [2.75, 3.05) is 12.4 Å². The fraction of sp³-hybridized carbons (Fsp3) is 0.312. The van der Waals surface area contributed by atoms with E-state index in [0.717, 1.165) is 54.5 Å². The van der Waals surface area contributed by atoms with Crippen molar-refractivity contribution in [3.8, 4) is 11.1 Å². The maximum Gasteiger partial charge on any atom is 0.356 e. The van der Waals surface area contributed by atoms with Gasteiger partial charge in [-0.05, 0) is 55.2 Å². The first-order valence-electron chi connectivity index (χ1n) is 13.7. The number of hydrogen-bond acceptors (Lipinski definition) is 7. The highest BCUT2D eigenvalue weighted by atomic mass is 32.1. The summed E-state index contributed by atoms with van der Waals surface area (Å²) in [5.41, 5.74) is 2.30. The predicted molar refractivity (Wildman–Crippen MR) is 160 cm³/mol. The molecule has 0 spiro atoms. The number of benzene rings is 2. The molecule has 1 N–H and O–H groups in total. The van der Waals surface area contributed by atoms with E-state index in [1.165, 1.54) is 37.0 Å². The third-order valence-electron chi connectivity index (χ3n) is 7.51. The van der Waals surface area contributed by atoms with Gasteiger partial charge in [-0.1, -0.05) is 61.4 Å². The number of aromatic nitrogens is 1. The molecule has 5 rings (SSSR count). The lowest BCUT2D eigenvalue weighted by atomic mass is 9.96. The molecular formula is C32H32N2O6S. The van der Waals surface area contributed by atoms with Crippen LogP contribution in [0, 0.1) is 0 Å². The lowest BCUT2D eigenvalue weighted by Crippen LogP contribution is -2.33. The highest BCUT2D eigenvalue weighted by Crippen LogP contribution is 2.38. The molecule has 212 valence electrons. The van der Waals surface area contributed by atoms with Crippen LogP contribution >= 0.6 is 11.3 Å². The molecule has 41 heavy (non-hydrogen) atoms. The van der Waals surface area contributed by atoms with Crippen molar-refractivity contribution in [3.63, 3.8) is 0 Å². The van der Waals surface area contributed by atoms with E-state index >= 15 is 0 Å². The number of nitrogens with zero attached hydrogens (tertiary/aromatic N) is 1. The van der Waals surface area contributed by atoms with Crippen LogP contribution < -0.4 is 10.9 Å². The number of pyridine rings is 1. The third kappa shape index (κ3) is 5.54. The van der Waals surface area contributed by atoms with Gasteiger partial charge in [0.25, 0.3) is 11.5 Å². The van der Waals surface area contributed by atoms with Gasteiger partial charge < -0.3 is 19.4 Å². The van der Waals surface area contributed by atoms with Gasteiger partial charge in [-0.25, -0.2) is 9.59 Å². The Bertz CT molecular complexity index is 1690. The normalized spacial score (nSPS) is 13.9. The summed E-state index contributed by atoms with van der Waals surface area (Å²) in [6.07, 6.45) is 4.57. The maximum atomic E-state index is 13.6. The monoisotopic (exact) mass is 572 g/mol. The molecule has 4 aromatic rings. The van der Waals surface area contributed by atoms with Crippen LogP contribution in [0.5, 0.6) is 0 Å². The Morgan fingerprint density at radius 1 is 0.902 bits per heavy atom. The van der Waals surface area contributed by atoms with Crippen LogP contribution in [-0.2, 0) is 34.2 Å². The summed E-state index contributed by atoms with van der Waals surface area (Å²) < 4.78 is 12.0. The number of methoxy groups -OCH3 is 1. The van der Waals surface area contributed by atoms with E-state index in [1.54, 1.807) is 18.2 Å². The molecule has 1 atom stereocenters. The van der Waals surface area contributed by atoms with Gasteiger partial charge in [-0.2, -0.15) is 0 Å². The van der Waals surface area contributed by atoms with Crippen molar-refractivity contribution >= 4 is 45.0 Å². The van der Waals surface area contributed by atoms with Gasteiger partial charge >= 0.3 is 11.9 Å². The van der Waals surface area contributed by atoms with Crippen LogP contribution in [0.15, 0.2) is 59.4 Å². The van der Waals surface area contributed by atoms with Crippen molar-refractivity contribution in [3.05, 3.63) is 86.6 Å². The Morgan fingerprint density at radius 2 is 1.56 bits per heavy atom. The second-order valence-corrected chi connectivity index (χ2v) is 11.3. The average Bonchev–Trinajstić information content (AvgIpc) is 3.29.